The van der Waals surface area contributed by atoms with Gasteiger partial charge in [-0.25, -0.2) is 9.79 Å². The number of hydrogen-bond acceptors (Lipinski definition) is 9. The van der Waals surface area contributed by atoms with Gasteiger partial charge in [-0.05, 0) is 62.2 Å². The zero-order valence-corrected chi connectivity index (χ0v) is 23.9. The highest BCUT2D eigenvalue weighted by atomic mass is 79.9. The number of phenols is 1. The number of nitrogens with zero attached hydrogens (tertiary/aromatic N) is 2. The molecule has 9 nitrogen and oxygen atoms in total. The lowest BCUT2D eigenvalue weighted by molar-refractivity contribution is -0.139. The van der Waals surface area contributed by atoms with E-state index < -0.39 is 12.0 Å². The van der Waals surface area contributed by atoms with E-state index in [0.717, 1.165) is 0 Å². The second-order valence-corrected chi connectivity index (χ2v) is 10.1. The number of hydrogen-bond donors (Lipinski definition) is 1. The van der Waals surface area contributed by atoms with E-state index in [1.165, 1.54) is 36.2 Å². The summed E-state index contributed by atoms with van der Waals surface area (Å²) >= 11 is 4.81. The molecule has 1 aromatic heterocycles. The first-order valence-corrected chi connectivity index (χ1v) is 13.4. The number of benzene rings is 2. The molecular formula is C27H27BrN2O7S. The van der Waals surface area contributed by atoms with Gasteiger partial charge in [0, 0.05) is 4.47 Å². The van der Waals surface area contributed by atoms with Crippen molar-refractivity contribution in [2.24, 2.45) is 4.99 Å². The van der Waals surface area contributed by atoms with Crippen LogP contribution in [0.25, 0.3) is 6.08 Å². The Kier molecular flexibility index (Phi) is 8.27. The van der Waals surface area contributed by atoms with Crippen molar-refractivity contribution in [1.29, 1.82) is 0 Å². The van der Waals surface area contributed by atoms with E-state index in [-0.39, 0.29) is 29.2 Å². The van der Waals surface area contributed by atoms with Crippen LogP contribution >= 0.6 is 27.3 Å². The highest BCUT2D eigenvalue weighted by Crippen LogP contribution is 2.41. The van der Waals surface area contributed by atoms with Crippen LogP contribution in [0.2, 0.25) is 0 Å². The summed E-state index contributed by atoms with van der Waals surface area (Å²) in [4.78, 5) is 32.1. The Balaban J connectivity index is 1.99. The van der Waals surface area contributed by atoms with E-state index in [9.17, 15) is 14.7 Å². The molecule has 2 heterocycles. The summed E-state index contributed by atoms with van der Waals surface area (Å²) in [6.45, 7) is 5.92. The minimum atomic E-state index is -0.833. The van der Waals surface area contributed by atoms with Gasteiger partial charge in [-0.1, -0.05) is 33.3 Å². The van der Waals surface area contributed by atoms with E-state index in [1.807, 2.05) is 6.92 Å². The van der Waals surface area contributed by atoms with Gasteiger partial charge in [-0.3, -0.25) is 9.36 Å². The van der Waals surface area contributed by atoms with Crippen LogP contribution in [-0.4, -0.2) is 43.1 Å². The van der Waals surface area contributed by atoms with Gasteiger partial charge < -0.3 is 24.1 Å². The zero-order valence-electron chi connectivity index (χ0n) is 21.5. The van der Waals surface area contributed by atoms with Crippen molar-refractivity contribution < 1.29 is 28.8 Å². The minimum absolute atomic E-state index is 0.00453. The number of rotatable bonds is 8. The molecule has 0 aliphatic carbocycles. The predicted molar refractivity (Wildman–Crippen MR) is 147 cm³/mol. The van der Waals surface area contributed by atoms with Gasteiger partial charge in [0.05, 0.1) is 49.3 Å². The molecule has 1 atom stereocenters. The van der Waals surface area contributed by atoms with Crippen molar-refractivity contribution in [3.63, 3.8) is 0 Å². The lowest BCUT2D eigenvalue weighted by Crippen LogP contribution is -2.40. The summed E-state index contributed by atoms with van der Waals surface area (Å²) in [6, 6.07) is 7.48. The van der Waals surface area contributed by atoms with E-state index in [1.54, 1.807) is 44.2 Å². The predicted octanol–water partition coefficient (Wildman–Crippen LogP) is 3.68. The number of thiazole rings is 1. The summed E-state index contributed by atoms with van der Waals surface area (Å²) in [5.41, 5.74) is 1.64. The van der Waals surface area contributed by atoms with Gasteiger partial charge in [0.15, 0.2) is 27.8 Å². The molecule has 1 N–H and O–H groups in total. The van der Waals surface area contributed by atoms with Crippen LogP contribution in [-0.2, 0) is 9.53 Å². The van der Waals surface area contributed by atoms with E-state index >= 15 is 0 Å². The molecule has 0 unspecified atom stereocenters. The number of carbonyl (C=O) groups excluding carboxylic acids is 1. The molecule has 0 amide bonds. The van der Waals surface area contributed by atoms with Crippen molar-refractivity contribution in [2.75, 3.05) is 27.4 Å². The number of esters is 1. The number of phenolic OH excluding ortho intramolecular Hbond substituents is 1. The number of methoxy groups -OCH3 is 2. The highest BCUT2D eigenvalue weighted by molar-refractivity contribution is 9.10. The fourth-order valence-electron chi connectivity index (χ4n) is 4.21. The molecule has 0 saturated carbocycles. The Labute approximate surface area is 231 Å². The molecule has 0 spiro atoms. The van der Waals surface area contributed by atoms with E-state index in [4.69, 9.17) is 18.9 Å². The van der Waals surface area contributed by atoms with Crippen molar-refractivity contribution in [3.8, 4) is 23.0 Å². The molecule has 2 aromatic carbocycles. The van der Waals surface area contributed by atoms with Crippen molar-refractivity contribution in [2.45, 2.75) is 26.8 Å². The third kappa shape index (κ3) is 5.08. The van der Waals surface area contributed by atoms with E-state index in [0.29, 0.717) is 48.7 Å². The Bertz CT molecular complexity index is 1610. The first-order valence-electron chi connectivity index (χ1n) is 11.8. The largest absolute Gasteiger partial charge is 0.504 e. The number of halogens is 1. The number of aromatic hydroxyl groups is 1. The second kappa shape index (κ2) is 11.4. The van der Waals surface area contributed by atoms with Gasteiger partial charge in [-0.2, -0.15) is 0 Å². The lowest BCUT2D eigenvalue weighted by atomic mass is 9.95. The molecule has 0 saturated heterocycles. The van der Waals surface area contributed by atoms with Gasteiger partial charge in [0.1, 0.15) is 0 Å². The molecule has 3 aromatic rings. The molecule has 0 bridgehead atoms. The normalized spacial score (nSPS) is 15.1. The van der Waals surface area contributed by atoms with Crippen molar-refractivity contribution in [1.82, 2.24) is 4.57 Å². The summed E-state index contributed by atoms with van der Waals surface area (Å²) in [5.74, 6) is 0.709. The standard InChI is InChI=1S/C27H27BrN2O7S/c1-6-36-21-13-17(28)16(12-20(21)35-5)24-23(26(33)37-7-2)14(3)29-27-30(24)25(32)22(38-27)11-15-8-9-18(31)19(10-15)34-4/h8-13,24,31H,6-7H2,1-5H3/b22-11+/t24-/m0/s1. The molecule has 0 radical (unpaired) electrons. The zero-order chi connectivity index (χ0) is 27.6. The van der Waals surface area contributed by atoms with Gasteiger partial charge in [0.25, 0.3) is 5.56 Å². The van der Waals surface area contributed by atoms with Crippen molar-refractivity contribution >= 4 is 39.3 Å². The molecular weight excluding hydrogens is 576 g/mol. The first-order chi connectivity index (χ1) is 18.2. The quantitative estimate of drug-likeness (QED) is 0.392. The summed E-state index contributed by atoms with van der Waals surface area (Å²) in [6.07, 6.45) is 1.69. The van der Waals surface area contributed by atoms with Crippen molar-refractivity contribution in [3.05, 3.63) is 76.9 Å². The van der Waals surface area contributed by atoms with Gasteiger partial charge >= 0.3 is 5.97 Å². The maximum Gasteiger partial charge on any atom is 0.338 e. The molecule has 0 fully saturated rings. The SMILES string of the molecule is CCOC(=O)C1=C(C)N=c2s/c(=C/c3ccc(O)c(OC)c3)c(=O)n2[C@H]1c1cc(OC)c(OCC)cc1Br. The van der Waals surface area contributed by atoms with Crippen LogP contribution < -0.4 is 29.1 Å². The molecule has 11 heteroatoms. The Morgan fingerprint density at radius 1 is 1.13 bits per heavy atom. The topological polar surface area (TPSA) is 109 Å². The summed E-state index contributed by atoms with van der Waals surface area (Å²) < 4.78 is 24.3. The third-order valence-corrected chi connectivity index (χ3v) is 7.57. The van der Waals surface area contributed by atoms with Crippen LogP contribution in [0, 0.1) is 0 Å². The molecule has 1 aliphatic heterocycles. The Morgan fingerprint density at radius 2 is 1.87 bits per heavy atom. The van der Waals surface area contributed by atoms with Crippen LogP contribution in [0.3, 0.4) is 0 Å². The molecule has 200 valence electrons. The number of allylic oxidation sites excluding steroid dienone is 1. The fraction of sp³-hybridized carbons (Fsp3) is 0.296. The number of ether oxygens (including phenoxy) is 4. The van der Waals surface area contributed by atoms with Crippen LogP contribution in [0.15, 0.2) is 55.9 Å². The highest BCUT2D eigenvalue weighted by Gasteiger charge is 2.35. The monoisotopic (exact) mass is 602 g/mol. The van der Waals surface area contributed by atoms with Crippen LogP contribution in [0.5, 0.6) is 23.0 Å². The molecule has 4 rings (SSSR count). The summed E-state index contributed by atoms with van der Waals surface area (Å²) in [5, 5.41) is 9.93. The lowest BCUT2D eigenvalue weighted by Gasteiger charge is -2.26. The maximum atomic E-state index is 13.8. The fourth-order valence-corrected chi connectivity index (χ4v) is 5.80. The van der Waals surface area contributed by atoms with Crippen LogP contribution in [0.4, 0.5) is 0 Å². The average molecular weight is 603 g/mol. The second-order valence-electron chi connectivity index (χ2n) is 8.19. The third-order valence-electron chi connectivity index (χ3n) is 5.90. The summed E-state index contributed by atoms with van der Waals surface area (Å²) in [7, 11) is 2.98. The molecule has 38 heavy (non-hydrogen) atoms. The number of carbonyl (C=O) groups is 1. The number of fused-ring (bicyclic) bond motifs is 1. The van der Waals surface area contributed by atoms with E-state index in [2.05, 4.69) is 20.9 Å². The molecule has 1 aliphatic rings. The average Bonchev–Trinajstić information content (AvgIpc) is 3.19. The minimum Gasteiger partial charge on any atom is -0.504 e. The first kappa shape index (κ1) is 27.5. The Morgan fingerprint density at radius 3 is 2.53 bits per heavy atom. The van der Waals surface area contributed by atoms with Gasteiger partial charge in [-0.15, -0.1) is 0 Å². The number of aromatic nitrogens is 1. The maximum absolute atomic E-state index is 13.8. The Hall–Kier alpha value is -3.57. The van der Waals surface area contributed by atoms with Gasteiger partial charge in [0.2, 0.25) is 0 Å². The van der Waals surface area contributed by atoms with Crippen LogP contribution in [0.1, 0.15) is 37.9 Å². The smallest absolute Gasteiger partial charge is 0.338 e.